The molecule has 2 aromatic rings. The molecule has 1 aromatic carbocycles. The highest BCUT2D eigenvalue weighted by Gasteiger charge is 2.16. The fourth-order valence-corrected chi connectivity index (χ4v) is 2.68. The summed E-state index contributed by atoms with van der Waals surface area (Å²) in [5, 5.41) is 2.01. The molecule has 112 valence electrons. The first kappa shape index (κ1) is 17.3. The SMILES string of the molecule is C=CCN(Cc1cccs1)C(=O)c1ccc(N)c(C)c1.Cl. The summed E-state index contributed by atoms with van der Waals surface area (Å²) in [7, 11) is 0. The summed E-state index contributed by atoms with van der Waals surface area (Å²) >= 11 is 1.65. The number of thiophene rings is 1. The predicted molar refractivity (Wildman–Crippen MR) is 92.1 cm³/mol. The van der Waals surface area contributed by atoms with Crippen molar-refractivity contribution < 1.29 is 4.79 Å². The Labute approximate surface area is 135 Å². The molecule has 0 unspecified atom stereocenters. The molecule has 0 saturated carbocycles. The van der Waals surface area contributed by atoms with E-state index in [1.165, 1.54) is 0 Å². The van der Waals surface area contributed by atoms with E-state index in [0.29, 0.717) is 24.3 Å². The first-order valence-corrected chi connectivity index (χ1v) is 7.28. The molecule has 1 heterocycles. The first-order chi connectivity index (χ1) is 9.61. The lowest BCUT2D eigenvalue weighted by atomic mass is 10.1. The van der Waals surface area contributed by atoms with Gasteiger partial charge >= 0.3 is 0 Å². The van der Waals surface area contributed by atoms with Gasteiger partial charge < -0.3 is 10.6 Å². The van der Waals surface area contributed by atoms with E-state index >= 15 is 0 Å². The summed E-state index contributed by atoms with van der Waals surface area (Å²) in [5.74, 6) is 0.00130. The minimum atomic E-state index is 0. The van der Waals surface area contributed by atoms with Crippen molar-refractivity contribution in [1.82, 2.24) is 4.90 Å². The molecule has 5 heteroatoms. The summed E-state index contributed by atoms with van der Waals surface area (Å²) in [4.78, 5) is 15.5. The number of carbonyl (C=O) groups excluding carboxylic acids is 1. The molecule has 0 fully saturated rings. The minimum absolute atomic E-state index is 0. The van der Waals surface area contributed by atoms with Crippen LogP contribution >= 0.6 is 23.7 Å². The van der Waals surface area contributed by atoms with E-state index in [9.17, 15) is 4.79 Å². The molecule has 2 N–H and O–H groups in total. The van der Waals surface area contributed by atoms with Gasteiger partial charge in [-0.15, -0.1) is 30.3 Å². The number of anilines is 1. The Bertz CT molecular complexity index is 611. The first-order valence-electron chi connectivity index (χ1n) is 6.40. The number of nitrogen functional groups attached to an aromatic ring is 1. The van der Waals surface area contributed by atoms with Crippen molar-refractivity contribution in [3.8, 4) is 0 Å². The number of benzene rings is 1. The Morgan fingerprint density at radius 1 is 1.43 bits per heavy atom. The third-order valence-electron chi connectivity index (χ3n) is 3.08. The van der Waals surface area contributed by atoms with Crippen LogP contribution in [0.1, 0.15) is 20.8 Å². The molecule has 0 saturated heterocycles. The third-order valence-corrected chi connectivity index (χ3v) is 3.94. The molecular weight excluding hydrogens is 304 g/mol. The van der Waals surface area contributed by atoms with Crippen molar-refractivity contribution in [3.63, 3.8) is 0 Å². The molecule has 0 aliphatic heterocycles. The number of nitrogens with two attached hydrogens (primary N) is 1. The van der Waals surface area contributed by atoms with Gasteiger partial charge in [-0.05, 0) is 42.1 Å². The molecule has 0 aliphatic carbocycles. The van der Waals surface area contributed by atoms with Crippen LogP contribution in [0.25, 0.3) is 0 Å². The van der Waals surface area contributed by atoms with Crippen LogP contribution in [0.15, 0.2) is 48.4 Å². The van der Waals surface area contributed by atoms with Gasteiger partial charge in [0.25, 0.3) is 5.91 Å². The fraction of sp³-hybridized carbons (Fsp3) is 0.188. The topological polar surface area (TPSA) is 46.3 Å². The maximum Gasteiger partial charge on any atom is 0.254 e. The van der Waals surface area contributed by atoms with Crippen LogP contribution in [0.2, 0.25) is 0 Å². The number of aryl methyl sites for hydroxylation is 1. The highest BCUT2D eigenvalue weighted by atomic mass is 35.5. The lowest BCUT2D eigenvalue weighted by Crippen LogP contribution is -2.30. The summed E-state index contributed by atoms with van der Waals surface area (Å²) in [6.07, 6.45) is 1.75. The van der Waals surface area contributed by atoms with E-state index in [1.807, 2.05) is 30.5 Å². The van der Waals surface area contributed by atoms with Crippen molar-refractivity contribution in [3.05, 3.63) is 64.4 Å². The normalized spacial score (nSPS) is 9.76. The van der Waals surface area contributed by atoms with Crippen LogP contribution in [0.3, 0.4) is 0 Å². The summed E-state index contributed by atoms with van der Waals surface area (Å²) in [6.45, 7) is 6.76. The molecule has 0 radical (unpaired) electrons. The van der Waals surface area contributed by atoms with Gasteiger partial charge in [-0.25, -0.2) is 0 Å². The van der Waals surface area contributed by atoms with Gasteiger partial charge in [-0.1, -0.05) is 12.1 Å². The summed E-state index contributed by atoms with van der Waals surface area (Å²) < 4.78 is 0. The Balaban J connectivity index is 0.00000220. The lowest BCUT2D eigenvalue weighted by molar-refractivity contribution is 0.0764. The van der Waals surface area contributed by atoms with E-state index < -0.39 is 0 Å². The number of carbonyl (C=O) groups is 1. The van der Waals surface area contributed by atoms with Crippen LogP contribution in [-0.2, 0) is 6.54 Å². The third kappa shape index (κ3) is 4.34. The largest absolute Gasteiger partial charge is 0.399 e. The quantitative estimate of drug-likeness (QED) is 0.670. The zero-order valence-electron chi connectivity index (χ0n) is 11.9. The van der Waals surface area contributed by atoms with E-state index in [1.54, 1.807) is 34.4 Å². The zero-order valence-corrected chi connectivity index (χ0v) is 13.5. The Hall–Kier alpha value is -1.78. The molecule has 0 spiro atoms. The average Bonchev–Trinajstić information content (AvgIpc) is 2.93. The molecule has 0 aliphatic rings. The predicted octanol–water partition coefficient (Wildman–Crippen LogP) is 3.89. The van der Waals surface area contributed by atoms with Gasteiger partial charge in [0.1, 0.15) is 0 Å². The van der Waals surface area contributed by atoms with Gasteiger partial charge in [0.2, 0.25) is 0 Å². The molecule has 1 amide bonds. The number of amides is 1. The van der Waals surface area contributed by atoms with Crippen LogP contribution in [0.4, 0.5) is 5.69 Å². The van der Waals surface area contributed by atoms with Crippen molar-refractivity contribution >= 4 is 35.3 Å². The number of halogens is 1. The minimum Gasteiger partial charge on any atom is -0.399 e. The maximum absolute atomic E-state index is 12.6. The second-order valence-electron chi connectivity index (χ2n) is 4.63. The molecule has 0 atom stereocenters. The van der Waals surface area contributed by atoms with Crippen molar-refractivity contribution in [2.45, 2.75) is 13.5 Å². The number of nitrogens with zero attached hydrogens (tertiary/aromatic N) is 1. The van der Waals surface area contributed by atoms with Crippen molar-refractivity contribution in [2.75, 3.05) is 12.3 Å². The molecule has 2 rings (SSSR count). The second kappa shape index (κ2) is 7.86. The highest BCUT2D eigenvalue weighted by molar-refractivity contribution is 7.09. The summed E-state index contributed by atoms with van der Waals surface area (Å²) in [5.41, 5.74) is 8.08. The van der Waals surface area contributed by atoms with Gasteiger partial charge in [0, 0.05) is 22.7 Å². The van der Waals surface area contributed by atoms with Crippen LogP contribution in [0, 0.1) is 6.92 Å². The van der Waals surface area contributed by atoms with Crippen LogP contribution in [0.5, 0.6) is 0 Å². The van der Waals surface area contributed by atoms with Crippen LogP contribution in [-0.4, -0.2) is 17.4 Å². The molecule has 21 heavy (non-hydrogen) atoms. The lowest BCUT2D eigenvalue weighted by Gasteiger charge is -2.21. The van der Waals surface area contributed by atoms with Gasteiger partial charge in [-0.3, -0.25) is 4.79 Å². The van der Waals surface area contributed by atoms with E-state index in [0.717, 1.165) is 10.4 Å². The van der Waals surface area contributed by atoms with Gasteiger partial charge in [0.05, 0.1) is 6.54 Å². The van der Waals surface area contributed by atoms with Crippen molar-refractivity contribution in [2.24, 2.45) is 0 Å². The monoisotopic (exact) mass is 322 g/mol. The standard InChI is InChI=1S/C16H18N2OS.ClH/c1-3-8-18(11-14-5-4-9-20-14)16(19)13-6-7-15(17)12(2)10-13;/h3-7,9-10H,1,8,11,17H2,2H3;1H. The highest BCUT2D eigenvalue weighted by Crippen LogP contribution is 2.17. The maximum atomic E-state index is 12.6. The Morgan fingerprint density at radius 3 is 2.76 bits per heavy atom. The Kier molecular flexibility index (Phi) is 6.46. The fourth-order valence-electron chi connectivity index (χ4n) is 1.96. The second-order valence-corrected chi connectivity index (χ2v) is 5.66. The molecule has 0 bridgehead atoms. The summed E-state index contributed by atoms with van der Waals surface area (Å²) in [6, 6.07) is 9.41. The van der Waals surface area contributed by atoms with E-state index in [-0.39, 0.29) is 18.3 Å². The number of rotatable bonds is 5. The molecule has 1 aromatic heterocycles. The van der Waals surface area contributed by atoms with Crippen molar-refractivity contribution in [1.29, 1.82) is 0 Å². The smallest absolute Gasteiger partial charge is 0.254 e. The van der Waals surface area contributed by atoms with Crippen LogP contribution < -0.4 is 5.73 Å². The van der Waals surface area contributed by atoms with E-state index in [2.05, 4.69) is 6.58 Å². The molecular formula is C16H19ClN2OS. The number of hydrogen-bond acceptors (Lipinski definition) is 3. The number of hydrogen-bond donors (Lipinski definition) is 1. The molecule has 3 nitrogen and oxygen atoms in total. The van der Waals surface area contributed by atoms with Gasteiger partial charge in [0.15, 0.2) is 0 Å². The zero-order chi connectivity index (χ0) is 14.5. The van der Waals surface area contributed by atoms with E-state index in [4.69, 9.17) is 5.73 Å². The Morgan fingerprint density at radius 2 is 2.19 bits per heavy atom. The van der Waals surface area contributed by atoms with Gasteiger partial charge in [-0.2, -0.15) is 0 Å². The average molecular weight is 323 g/mol.